The van der Waals surface area contributed by atoms with Gasteiger partial charge in [-0.3, -0.25) is 4.98 Å². The van der Waals surface area contributed by atoms with Gasteiger partial charge in [0.2, 0.25) is 0 Å². The number of aromatic nitrogens is 1. The van der Waals surface area contributed by atoms with Crippen molar-refractivity contribution in [2.24, 2.45) is 0 Å². The molecular weight excluding hydrogens is 265 g/mol. The Morgan fingerprint density at radius 1 is 1.28 bits per heavy atom. The number of hydrogen-bond acceptors (Lipinski definition) is 2. The van der Waals surface area contributed by atoms with E-state index in [1.165, 1.54) is 24.4 Å². The molecule has 0 bridgehead atoms. The Kier molecular flexibility index (Phi) is 4.50. The molecule has 0 aliphatic rings. The van der Waals surface area contributed by atoms with Gasteiger partial charge >= 0.3 is 6.18 Å². The lowest BCUT2D eigenvalue weighted by Crippen LogP contribution is -2.41. The Bertz CT molecular complexity index is 415. The fourth-order valence-electron chi connectivity index (χ4n) is 1.13. The number of pyridine rings is 1. The average Bonchev–Trinajstić information content (AvgIpc) is 2.23. The molecule has 0 saturated heterocycles. The predicted molar refractivity (Wildman–Crippen MR) is 64.1 cm³/mol. The maximum absolute atomic E-state index is 12.9. The summed E-state index contributed by atoms with van der Waals surface area (Å²) in [6.07, 6.45) is -3.27. The zero-order valence-electron chi connectivity index (χ0n) is 10.3. The van der Waals surface area contributed by atoms with Crippen LogP contribution in [0.4, 0.5) is 13.2 Å². The fourth-order valence-corrected chi connectivity index (χ4v) is 1.95. The van der Waals surface area contributed by atoms with E-state index >= 15 is 0 Å². The molecular formula is C11H15F3N2OS. The molecule has 7 heteroatoms. The monoisotopic (exact) mass is 280 g/mol. The lowest BCUT2D eigenvalue weighted by molar-refractivity contribution is -0.153. The van der Waals surface area contributed by atoms with E-state index in [0.29, 0.717) is 0 Å². The van der Waals surface area contributed by atoms with Crippen molar-refractivity contribution in [2.45, 2.75) is 37.7 Å². The Morgan fingerprint density at radius 3 is 2.28 bits per heavy atom. The van der Waals surface area contributed by atoms with E-state index in [2.05, 4.69) is 9.71 Å². The lowest BCUT2D eigenvalue weighted by Gasteiger charge is -2.25. The summed E-state index contributed by atoms with van der Waals surface area (Å²) in [5.74, 6) is 0. The number of nitrogens with zero attached hydrogens (tertiary/aromatic N) is 1. The van der Waals surface area contributed by atoms with Crippen LogP contribution in [0.25, 0.3) is 0 Å². The molecule has 18 heavy (non-hydrogen) atoms. The second-order valence-electron chi connectivity index (χ2n) is 4.73. The molecule has 1 aromatic rings. The van der Waals surface area contributed by atoms with Crippen molar-refractivity contribution in [1.29, 1.82) is 0 Å². The van der Waals surface area contributed by atoms with Gasteiger partial charge in [-0.25, -0.2) is 8.93 Å². The molecule has 0 saturated carbocycles. The van der Waals surface area contributed by atoms with Crippen LogP contribution in [0.2, 0.25) is 0 Å². The summed E-state index contributed by atoms with van der Waals surface area (Å²) in [6, 6.07) is 2.21. The highest BCUT2D eigenvalue weighted by Crippen LogP contribution is 2.32. The summed E-state index contributed by atoms with van der Waals surface area (Å²) in [6.45, 7) is 4.80. The van der Waals surface area contributed by atoms with Crippen molar-refractivity contribution in [1.82, 2.24) is 9.71 Å². The van der Waals surface area contributed by atoms with Crippen LogP contribution in [0.3, 0.4) is 0 Å². The van der Waals surface area contributed by atoms with Gasteiger partial charge < -0.3 is 0 Å². The Hall–Kier alpha value is -0.950. The van der Waals surface area contributed by atoms with Crippen LogP contribution in [0.1, 0.15) is 32.5 Å². The van der Waals surface area contributed by atoms with Crippen LogP contribution in [-0.4, -0.2) is 20.1 Å². The van der Waals surface area contributed by atoms with E-state index in [0.717, 1.165) is 0 Å². The van der Waals surface area contributed by atoms with Crippen molar-refractivity contribution in [2.75, 3.05) is 0 Å². The van der Waals surface area contributed by atoms with Gasteiger partial charge in [-0.05, 0) is 32.9 Å². The standard InChI is InChI=1S/C11H15F3N2OS/c1-10(2,3)18(17)16-9(11(12,13)14)8-6-4-5-7-15-8/h4-7,9,16H,1-3H3/t9-,18+/m0/s1. The van der Waals surface area contributed by atoms with E-state index in [-0.39, 0.29) is 5.69 Å². The Morgan fingerprint density at radius 2 is 1.89 bits per heavy atom. The quantitative estimate of drug-likeness (QED) is 0.925. The first-order chi connectivity index (χ1) is 8.12. The summed E-state index contributed by atoms with van der Waals surface area (Å²) in [7, 11) is -1.82. The number of halogens is 3. The Labute approximate surface area is 106 Å². The first-order valence-electron chi connectivity index (χ1n) is 5.28. The van der Waals surface area contributed by atoms with Gasteiger partial charge in [0.05, 0.1) is 21.4 Å². The molecule has 0 spiro atoms. The number of alkyl halides is 3. The molecule has 0 amide bonds. The zero-order valence-corrected chi connectivity index (χ0v) is 11.1. The third-order valence-corrected chi connectivity index (χ3v) is 3.65. The van der Waals surface area contributed by atoms with Gasteiger partial charge in [0.25, 0.3) is 0 Å². The minimum Gasteiger partial charge on any atom is -0.259 e. The van der Waals surface area contributed by atoms with Crippen LogP contribution in [0, 0.1) is 0 Å². The van der Waals surface area contributed by atoms with E-state index in [1.54, 1.807) is 20.8 Å². The minimum atomic E-state index is -4.55. The van der Waals surface area contributed by atoms with Crippen molar-refractivity contribution >= 4 is 11.0 Å². The first-order valence-corrected chi connectivity index (χ1v) is 6.43. The molecule has 2 atom stereocenters. The molecule has 1 aromatic heterocycles. The number of nitrogens with one attached hydrogen (secondary N) is 1. The molecule has 0 radical (unpaired) electrons. The highest BCUT2D eigenvalue weighted by atomic mass is 32.2. The summed E-state index contributed by atoms with van der Waals surface area (Å²) in [5.41, 5.74) is -0.192. The number of rotatable bonds is 3. The van der Waals surface area contributed by atoms with Crippen LogP contribution < -0.4 is 4.72 Å². The second-order valence-corrected chi connectivity index (χ2v) is 6.73. The van der Waals surface area contributed by atoms with Crippen LogP contribution in [0.15, 0.2) is 24.4 Å². The van der Waals surface area contributed by atoms with Crippen LogP contribution in [-0.2, 0) is 11.0 Å². The predicted octanol–water partition coefficient (Wildman–Crippen LogP) is 2.74. The van der Waals surface area contributed by atoms with Gasteiger partial charge in [0.1, 0.15) is 0 Å². The molecule has 0 aliphatic carbocycles. The summed E-state index contributed by atoms with van der Waals surface area (Å²) < 4.78 is 51.8. The molecule has 1 heterocycles. The van der Waals surface area contributed by atoms with E-state index in [1.807, 2.05) is 0 Å². The van der Waals surface area contributed by atoms with Gasteiger partial charge in [0.15, 0.2) is 6.04 Å². The van der Waals surface area contributed by atoms with E-state index < -0.39 is 28.0 Å². The molecule has 1 N–H and O–H groups in total. The van der Waals surface area contributed by atoms with Crippen molar-refractivity contribution < 1.29 is 17.4 Å². The first kappa shape index (κ1) is 15.1. The Balaban J connectivity index is 2.99. The third kappa shape index (κ3) is 4.06. The van der Waals surface area contributed by atoms with E-state index in [9.17, 15) is 17.4 Å². The highest BCUT2D eigenvalue weighted by molar-refractivity contribution is 7.84. The van der Waals surface area contributed by atoms with Gasteiger partial charge in [0, 0.05) is 6.20 Å². The fraction of sp³-hybridized carbons (Fsp3) is 0.545. The molecule has 0 unspecified atom stereocenters. The minimum absolute atomic E-state index is 0.192. The average molecular weight is 280 g/mol. The van der Waals surface area contributed by atoms with E-state index in [4.69, 9.17) is 0 Å². The molecule has 3 nitrogen and oxygen atoms in total. The van der Waals surface area contributed by atoms with Crippen molar-refractivity contribution in [3.05, 3.63) is 30.1 Å². The molecule has 102 valence electrons. The molecule has 0 aromatic carbocycles. The maximum Gasteiger partial charge on any atom is 0.410 e. The van der Waals surface area contributed by atoms with Gasteiger partial charge in [-0.15, -0.1) is 0 Å². The summed E-state index contributed by atoms with van der Waals surface area (Å²) in [4.78, 5) is 3.66. The molecule has 0 fully saturated rings. The topological polar surface area (TPSA) is 42.0 Å². The van der Waals surface area contributed by atoms with Gasteiger partial charge in [-0.2, -0.15) is 13.2 Å². The smallest absolute Gasteiger partial charge is 0.259 e. The second kappa shape index (κ2) is 5.36. The maximum atomic E-state index is 12.9. The van der Waals surface area contributed by atoms with Crippen LogP contribution in [0.5, 0.6) is 0 Å². The number of hydrogen-bond donors (Lipinski definition) is 1. The highest BCUT2D eigenvalue weighted by Gasteiger charge is 2.43. The molecule has 1 rings (SSSR count). The zero-order chi connectivity index (χ0) is 14.0. The third-order valence-electron chi connectivity index (χ3n) is 2.09. The normalized spacial score (nSPS) is 16.3. The van der Waals surface area contributed by atoms with Crippen molar-refractivity contribution in [3.8, 4) is 0 Å². The van der Waals surface area contributed by atoms with Gasteiger partial charge in [-0.1, -0.05) is 6.07 Å². The van der Waals surface area contributed by atoms with Crippen LogP contribution >= 0.6 is 0 Å². The summed E-state index contributed by atoms with van der Waals surface area (Å²) >= 11 is 0. The van der Waals surface area contributed by atoms with Crippen molar-refractivity contribution in [3.63, 3.8) is 0 Å². The lowest BCUT2D eigenvalue weighted by atomic mass is 10.2. The SMILES string of the molecule is CC(C)(C)[S@@](=O)N[C@@H](c1ccccn1)C(F)(F)F. The molecule has 0 aliphatic heterocycles. The largest absolute Gasteiger partial charge is 0.410 e. The summed E-state index contributed by atoms with van der Waals surface area (Å²) in [5, 5.41) is 0.